The van der Waals surface area contributed by atoms with Crippen LogP contribution in [0.5, 0.6) is 5.75 Å². The number of carbonyl (C=O) groups is 3. The van der Waals surface area contributed by atoms with Gasteiger partial charge in [0.25, 0.3) is 0 Å². The second kappa shape index (κ2) is 11.4. The van der Waals surface area contributed by atoms with E-state index in [-0.39, 0.29) is 42.8 Å². The monoisotopic (exact) mass is 403 g/mol. The maximum atomic E-state index is 12.9. The summed E-state index contributed by atoms with van der Waals surface area (Å²) in [6, 6.07) is 7.11. The van der Waals surface area contributed by atoms with Crippen LogP contribution in [0.25, 0.3) is 0 Å². The van der Waals surface area contributed by atoms with Gasteiger partial charge in [0.05, 0.1) is 20.2 Å². The molecule has 1 unspecified atom stereocenters. The van der Waals surface area contributed by atoms with Crippen LogP contribution >= 0.6 is 0 Å². The molecule has 1 atom stereocenters. The molecule has 29 heavy (non-hydrogen) atoms. The van der Waals surface area contributed by atoms with Crippen LogP contribution in [0.1, 0.15) is 52.4 Å². The van der Waals surface area contributed by atoms with E-state index in [1.807, 2.05) is 6.92 Å². The van der Waals surface area contributed by atoms with Crippen molar-refractivity contribution >= 4 is 23.4 Å². The summed E-state index contributed by atoms with van der Waals surface area (Å²) in [5.74, 6) is 0.121. The van der Waals surface area contributed by atoms with Crippen LogP contribution in [0.2, 0.25) is 0 Å². The summed E-state index contributed by atoms with van der Waals surface area (Å²) in [5, 5.41) is 5.34. The second-order valence-electron chi connectivity index (χ2n) is 7.50. The predicted octanol–water partition coefficient (Wildman–Crippen LogP) is 2.96. The molecule has 0 spiro atoms. The van der Waals surface area contributed by atoms with E-state index in [9.17, 15) is 14.4 Å². The van der Waals surface area contributed by atoms with Gasteiger partial charge in [-0.1, -0.05) is 26.7 Å². The zero-order valence-corrected chi connectivity index (χ0v) is 17.7. The van der Waals surface area contributed by atoms with E-state index >= 15 is 0 Å². The maximum absolute atomic E-state index is 12.9. The van der Waals surface area contributed by atoms with Crippen molar-refractivity contribution in [2.45, 2.75) is 58.4 Å². The van der Waals surface area contributed by atoms with E-state index in [1.165, 1.54) is 0 Å². The molecule has 1 fully saturated rings. The van der Waals surface area contributed by atoms with Gasteiger partial charge in [0.1, 0.15) is 5.75 Å². The Morgan fingerprint density at radius 2 is 1.83 bits per heavy atom. The first kappa shape index (κ1) is 22.7. The summed E-state index contributed by atoms with van der Waals surface area (Å²) >= 11 is 0. The van der Waals surface area contributed by atoms with Gasteiger partial charge in [0, 0.05) is 17.6 Å². The second-order valence-corrected chi connectivity index (χ2v) is 7.50. The Morgan fingerprint density at radius 3 is 2.38 bits per heavy atom. The van der Waals surface area contributed by atoms with Gasteiger partial charge in [-0.3, -0.25) is 14.4 Å². The summed E-state index contributed by atoms with van der Waals surface area (Å²) in [5.41, 5.74) is 0.626. The van der Waals surface area contributed by atoms with Crippen molar-refractivity contribution in [2.24, 2.45) is 5.92 Å². The highest BCUT2D eigenvalue weighted by Gasteiger charge is 2.36. The van der Waals surface area contributed by atoms with Crippen molar-refractivity contribution in [3.63, 3.8) is 0 Å². The molecule has 7 heteroatoms. The Balaban J connectivity index is 1.82. The summed E-state index contributed by atoms with van der Waals surface area (Å²) in [6.07, 6.45) is 5.61. The quantitative estimate of drug-likeness (QED) is 0.562. The third-order valence-corrected chi connectivity index (χ3v) is 5.15. The first-order chi connectivity index (χ1) is 14.0. The smallest absolute Gasteiger partial charge is 0.243 e. The highest BCUT2D eigenvalue weighted by atomic mass is 16.5. The average Bonchev–Trinajstić information content (AvgIpc) is 3.56. The highest BCUT2D eigenvalue weighted by Crippen LogP contribution is 2.29. The van der Waals surface area contributed by atoms with E-state index in [0.717, 1.165) is 38.5 Å². The molecule has 0 bridgehead atoms. The summed E-state index contributed by atoms with van der Waals surface area (Å²) in [4.78, 5) is 39.0. The Kier molecular flexibility index (Phi) is 8.96. The standard InChI is InChI=1S/C22H33N3O4/c1-4-6-7-16(5-2)22(28)25(18-10-11-18)15-21(27)23-14-20(26)24-17-8-12-19(29-3)13-9-17/h8-9,12-13,16,18H,4-7,10-11,14-15H2,1-3H3,(H,23,27)(H,24,26). The van der Waals surface area contributed by atoms with Crippen LogP contribution in [0, 0.1) is 5.92 Å². The number of carbonyl (C=O) groups excluding carboxylic acids is 3. The van der Waals surface area contributed by atoms with Gasteiger partial charge in [-0.25, -0.2) is 0 Å². The Bertz CT molecular complexity index is 686. The number of methoxy groups -OCH3 is 1. The first-order valence-electron chi connectivity index (χ1n) is 10.5. The van der Waals surface area contributed by atoms with E-state index < -0.39 is 0 Å². The number of hydrogen-bond acceptors (Lipinski definition) is 4. The number of nitrogens with zero attached hydrogens (tertiary/aromatic N) is 1. The minimum atomic E-state index is -0.317. The van der Waals surface area contributed by atoms with Crippen molar-refractivity contribution in [2.75, 3.05) is 25.5 Å². The Labute approximate surface area is 173 Å². The van der Waals surface area contributed by atoms with Crippen LogP contribution in [-0.2, 0) is 14.4 Å². The maximum Gasteiger partial charge on any atom is 0.243 e. The molecule has 0 radical (unpaired) electrons. The zero-order chi connectivity index (χ0) is 21.2. The van der Waals surface area contributed by atoms with Gasteiger partial charge in [0.2, 0.25) is 17.7 Å². The normalized spacial score (nSPS) is 14.0. The molecule has 160 valence electrons. The number of unbranched alkanes of at least 4 members (excludes halogenated alkanes) is 1. The van der Waals surface area contributed by atoms with E-state index in [4.69, 9.17) is 4.74 Å². The minimum Gasteiger partial charge on any atom is -0.497 e. The van der Waals surface area contributed by atoms with Crippen LogP contribution in [0.15, 0.2) is 24.3 Å². The minimum absolute atomic E-state index is 0.0158. The highest BCUT2D eigenvalue weighted by molar-refractivity contribution is 5.95. The van der Waals surface area contributed by atoms with Crippen LogP contribution in [0.4, 0.5) is 5.69 Å². The number of hydrogen-bond donors (Lipinski definition) is 2. The average molecular weight is 404 g/mol. The lowest BCUT2D eigenvalue weighted by molar-refractivity contribution is -0.140. The van der Waals surface area contributed by atoms with Crippen molar-refractivity contribution in [3.05, 3.63) is 24.3 Å². The van der Waals surface area contributed by atoms with Crippen molar-refractivity contribution in [3.8, 4) is 5.75 Å². The number of benzene rings is 1. The summed E-state index contributed by atoms with van der Waals surface area (Å²) < 4.78 is 5.08. The third-order valence-electron chi connectivity index (χ3n) is 5.15. The molecule has 1 aliphatic carbocycles. The molecule has 2 N–H and O–H groups in total. The van der Waals surface area contributed by atoms with E-state index in [1.54, 1.807) is 36.3 Å². The van der Waals surface area contributed by atoms with Crippen molar-refractivity contribution in [1.82, 2.24) is 10.2 Å². The number of ether oxygens (including phenoxy) is 1. The van der Waals surface area contributed by atoms with Gasteiger partial charge in [-0.15, -0.1) is 0 Å². The molecule has 2 rings (SSSR count). The van der Waals surface area contributed by atoms with Crippen LogP contribution in [-0.4, -0.2) is 48.9 Å². The predicted molar refractivity (Wildman–Crippen MR) is 113 cm³/mol. The van der Waals surface area contributed by atoms with Gasteiger partial charge >= 0.3 is 0 Å². The molecular weight excluding hydrogens is 370 g/mol. The lowest BCUT2D eigenvalue weighted by Crippen LogP contribution is -2.45. The molecule has 0 aromatic heterocycles. The molecule has 0 heterocycles. The van der Waals surface area contributed by atoms with E-state index in [2.05, 4.69) is 17.6 Å². The molecule has 1 aromatic carbocycles. The van der Waals surface area contributed by atoms with Gasteiger partial charge in [-0.2, -0.15) is 0 Å². The number of anilines is 1. The molecule has 1 saturated carbocycles. The largest absolute Gasteiger partial charge is 0.497 e. The summed E-state index contributed by atoms with van der Waals surface area (Å²) in [7, 11) is 1.57. The molecule has 0 saturated heterocycles. The summed E-state index contributed by atoms with van der Waals surface area (Å²) in [6.45, 7) is 4.01. The van der Waals surface area contributed by atoms with Gasteiger partial charge < -0.3 is 20.3 Å². The number of rotatable bonds is 12. The molecule has 1 aromatic rings. The van der Waals surface area contributed by atoms with Crippen LogP contribution < -0.4 is 15.4 Å². The van der Waals surface area contributed by atoms with Crippen molar-refractivity contribution in [1.29, 1.82) is 0 Å². The lowest BCUT2D eigenvalue weighted by atomic mass is 9.97. The molecule has 7 nitrogen and oxygen atoms in total. The Hall–Kier alpha value is -2.57. The fourth-order valence-electron chi connectivity index (χ4n) is 3.23. The fraction of sp³-hybridized carbons (Fsp3) is 0.591. The first-order valence-corrected chi connectivity index (χ1v) is 10.5. The molecule has 3 amide bonds. The molecular formula is C22H33N3O4. The lowest BCUT2D eigenvalue weighted by Gasteiger charge is -2.26. The molecule has 0 aliphatic heterocycles. The number of amides is 3. The third kappa shape index (κ3) is 7.40. The topological polar surface area (TPSA) is 87.7 Å². The van der Waals surface area contributed by atoms with E-state index in [0.29, 0.717) is 11.4 Å². The van der Waals surface area contributed by atoms with Gasteiger partial charge in [0.15, 0.2) is 0 Å². The number of nitrogens with one attached hydrogen (secondary N) is 2. The van der Waals surface area contributed by atoms with Crippen LogP contribution in [0.3, 0.4) is 0 Å². The zero-order valence-electron chi connectivity index (χ0n) is 17.7. The molecule has 1 aliphatic rings. The SMILES string of the molecule is CCCCC(CC)C(=O)N(CC(=O)NCC(=O)Nc1ccc(OC)cc1)C1CC1. The van der Waals surface area contributed by atoms with Crippen molar-refractivity contribution < 1.29 is 19.1 Å². The van der Waals surface area contributed by atoms with Gasteiger partial charge in [-0.05, 0) is 49.9 Å². The fourth-order valence-corrected chi connectivity index (χ4v) is 3.23. The Morgan fingerprint density at radius 1 is 1.14 bits per heavy atom.